The van der Waals surface area contributed by atoms with Gasteiger partial charge in [0.25, 0.3) is 5.56 Å². The number of hydrogen-bond acceptors (Lipinski definition) is 8. The summed E-state index contributed by atoms with van der Waals surface area (Å²) in [4.78, 5) is 33.8. The van der Waals surface area contributed by atoms with Crippen molar-refractivity contribution in [3.63, 3.8) is 0 Å². The topological polar surface area (TPSA) is 94.2 Å². The molecule has 2 aromatic rings. The molecule has 0 unspecified atom stereocenters. The number of carbonyl (C=O) groups is 1. The quantitative estimate of drug-likeness (QED) is 0.659. The number of amides is 1. The van der Waals surface area contributed by atoms with Gasteiger partial charge in [-0.15, -0.1) is 8.98 Å². The zero-order valence-electron chi connectivity index (χ0n) is 19.3. The first kappa shape index (κ1) is 23.4. The zero-order valence-corrected chi connectivity index (χ0v) is 20.2. The molecule has 4 heterocycles. The van der Waals surface area contributed by atoms with Crippen LogP contribution in [0.25, 0.3) is 11.5 Å². The number of rotatable bonds is 4. The Morgan fingerprint density at radius 2 is 2.00 bits per heavy atom. The highest BCUT2D eigenvalue weighted by molar-refractivity contribution is 7.92. The number of hydrogen-bond donors (Lipinski definition) is 0. The number of anilines is 1. The number of aromatic nitrogens is 4. The lowest BCUT2D eigenvalue weighted by Crippen LogP contribution is -2.51. The number of carbonyl (C=O) groups excluding carboxylic acids is 1. The van der Waals surface area contributed by atoms with Gasteiger partial charge in [-0.25, -0.2) is 8.77 Å². The molecule has 0 saturated carbocycles. The van der Waals surface area contributed by atoms with E-state index in [4.69, 9.17) is 9.47 Å². The summed E-state index contributed by atoms with van der Waals surface area (Å²) < 4.78 is 27.6. The maximum Gasteiger partial charge on any atom is 0.410 e. The summed E-state index contributed by atoms with van der Waals surface area (Å²) in [6.45, 7) is 9.49. The molecule has 12 heteroatoms. The smallest absolute Gasteiger partial charge is 0.410 e. The molecule has 180 valence electrons. The van der Waals surface area contributed by atoms with Crippen molar-refractivity contribution in [2.75, 3.05) is 37.7 Å². The highest BCUT2D eigenvalue weighted by atomic mass is 32.2. The predicted molar refractivity (Wildman–Crippen MR) is 124 cm³/mol. The van der Waals surface area contributed by atoms with E-state index in [1.165, 1.54) is 3.97 Å². The van der Waals surface area contributed by atoms with Gasteiger partial charge in [0, 0.05) is 26.2 Å². The first-order valence-corrected chi connectivity index (χ1v) is 11.8. The minimum absolute atomic E-state index is 0.00889. The molecule has 0 radical (unpaired) electrons. The molecular weight excluding hydrogens is 451 g/mol. The van der Waals surface area contributed by atoms with Crippen LogP contribution in [-0.2, 0) is 15.9 Å². The van der Waals surface area contributed by atoms with E-state index in [-0.39, 0.29) is 35.6 Å². The highest BCUT2D eigenvalue weighted by Gasteiger charge is 2.30. The van der Waals surface area contributed by atoms with Crippen LogP contribution in [0, 0.1) is 0 Å². The highest BCUT2D eigenvalue weighted by Crippen LogP contribution is 2.27. The first-order chi connectivity index (χ1) is 15.7. The SMILES string of the molecule is CCc1c(N2CCN(C(=O)OC(C)(C)C)CC2)c(=O)n2nc(C3=CCCCO3)nc2n1SF. The van der Waals surface area contributed by atoms with Crippen LogP contribution in [0.5, 0.6) is 0 Å². The Balaban J connectivity index is 1.68. The summed E-state index contributed by atoms with van der Waals surface area (Å²) in [5.74, 6) is 0.888. The molecular formula is C21H29FN6O4S. The van der Waals surface area contributed by atoms with E-state index in [0.717, 1.165) is 17.4 Å². The Kier molecular flexibility index (Phi) is 6.55. The second-order valence-electron chi connectivity index (χ2n) is 8.98. The van der Waals surface area contributed by atoms with Gasteiger partial charge in [-0.2, -0.15) is 9.50 Å². The van der Waals surface area contributed by atoms with Gasteiger partial charge in [-0.05, 0) is 46.1 Å². The van der Waals surface area contributed by atoms with Crippen LogP contribution in [0.15, 0.2) is 10.9 Å². The molecule has 0 aromatic carbocycles. The Morgan fingerprint density at radius 1 is 1.27 bits per heavy atom. The van der Waals surface area contributed by atoms with Crippen molar-refractivity contribution < 1.29 is 18.2 Å². The van der Waals surface area contributed by atoms with Gasteiger partial charge in [-0.3, -0.25) is 4.79 Å². The Hall–Kier alpha value is -2.76. The number of fused-ring (bicyclic) bond motifs is 1. The van der Waals surface area contributed by atoms with Crippen molar-refractivity contribution in [1.82, 2.24) is 23.5 Å². The number of nitrogens with zero attached hydrogens (tertiary/aromatic N) is 6. The molecule has 33 heavy (non-hydrogen) atoms. The van der Waals surface area contributed by atoms with Crippen LogP contribution in [0.3, 0.4) is 0 Å². The van der Waals surface area contributed by atoms with Gasteiger partial charge in [0.2, 0.25) is 11.6 Å². The number of piperazine rings is 1. The first-order valence-electron chi connectivity index (χ1n) is 11.1. The molecule has 0 atom stereocenters. The Labute approximate surface area is 195 Å². The normalized spacial score (nSPS) is 17.2. The van der Waals surface area contributed by atoms with Gasteiger partial charge in [0.15, 0.2) is 18.1 Å². The van der Waals surface area contributed by atoms with Crippen molar-refractivity contribution in [2.45, 2.75) is 52.6 Å². The average Bonchev–Trinajstić information content (AvgIpc) is 3.24. The Bertz CT molecular complexity index is 1130. The summed E-state index contributed by atoms with van der Waals surface area (Å²) in [5.41, 5.74) is -0.0616. The lowest BCUT2D eigenvalue weighted by Gasteiger charge is -2.37. The Morgan fingerprint density at radius 3 is 2.58 bits per heavy atom. The summed E-state index contributed by atoms with van der Waals surface area (Å²) in [6.07, 6.45) is 3.66. The average molecular weight is 481 g/mol. The molecule has 1 saturated heterocycles. The molecule has 1 fully saturated rings. The number of ether oxygens (including phenoxy) is 2. The van der Waals surface area contributed by atoms with E-state index >= 15 is 0 Å². The summed E-state index contributed by atoms with van der Waals surface area (Å²) in [6, 6.07) is 0. The number of halogens is 1. The fourth-order valence-corrected chi connectivity index (χ4v) is 4.45. The molecule has 2 aliphatic heterocycles. The fourth-order valence-electron chi connectivity index (χ4n) is 3.97. The van der Waals surface area contributed by atoms with Crippen LogP contribution < -0.4 is 10.5 Å². The molecule has 2 aromatic heterocycles. The minimum Gasteiger partial charge on any atom is -0.490 e. The molecule has 1 amide bonds. The van der Waals surface area contributed by atoms with Gasteiger partial charge < -0.3 is 19.3 Å². The predicted octanol–water partition coefficient (Wildman–Crippen LogP) is 3.04. The fraction of sp³-hybridized carbons (Fsp3) is 0.619. The third-order valence-corrected chi connectivity index (χ3v) is 6.01. The molecule has 10 nitrogen and oxygen atoms in total. The molecule has 0 aliphatic carbocycles. The molecule has 0 N–H and O–H groups in total. The van der Waals surface area contributed by atoms with E-state index in [2.05, 4.69) is 10.1 Å². The van der Waals surface area contributed by atoms with Gasteiger partial charge in [-0.1, -0.05) is 6.92 Å². The van der Waals surface area contributed by atoms with E-state index in [1.807, 2.05) is 38.7 Å². The van der Waals surface area contributed by atoms with Crippen LogP contribution in [0.4, 0.5) is 14.4 Å². The summed E-state index contributed by atoms with van der Waals surface area (Å²) in [5, 5.41) is 4.35. The zero-order chi connectivity index (χ0) is 23.8. The van der Waals surface area contributed by atoms with Crippen LogP contribution in [0.2, 0.25) is 0 Å². The largest absolute Gasteiger partial charge is 0.490 e. The van der Waals surface area contributed by atoms with Crippen LogP contribution in [-0.4, -0.2) is 68.0 Å². The molecule has 0 bridgehead atoms. The van der Waals surface area contributed by atoms with Crippen molar-refractivity contribution in [2.24, 2.45) is 0 Å². The third kappa shape index (κ3) is 4.66. The van der Waals surface area contributed by atoms with E-state index in [0.29, 0.717) is 56.3 Å². The summed E-state index contributed by atoms with van der Waals surface area (Å²) >= 11 is -0.00889. The van der Waals surface area contributed by atoms with Crippen molar-refractivity contribution in [1.29, 1.82) is 0 Å². The monoisotopic (exact) mass is 480 g/mol. The van der Waals surface area contributed by atoms with E-state index in [1.54, 1.807) is 4.90 Å². The molecule has 2 aliphatic rings. The van der Waals surface area contributed by atoms with Gasteiger partial charge >= 0.3 is 6.09 Å². The third-order valence-electron chi connectivity index (χ3n) is 5.49. The van der Waals surface area contributed by atoms with Crippen LogP contribution >= 0.6 is 12.3 Å². The van der Waals surface area contributed by atoms with Gasteiger partial charge in [0.1, 0.15) is 11.3 Å². The maximum absolute atomic E-state index is 14.1. The second kappa shape index (κ2) is 9.24. The molecule has 4 rings (SSSR count). The van der Waals surface area contributed by atoms with Gasteiger partial charge in [0.05, 0.1) is 12.3 Å². The minimum atomic E-state index is -0.580. The maximum atomic E-state index is 14.1. The lowest BCUT2D eigenvalue weighted by atomic mass is 10.2. The van der Waals surface area contributed by atoms with E-state index < -0.39 is 5.60 Å². The van der Waals surface area contributed by atoms with E-state index in [9.17, 15) is 13.5 Å². The summed E-state index contributed by atoms with van der Waals surface area (Å²) in [7, 11) is 0. The van der Waals surface area contributed by atoms with Crippen molar-refractivity contribution in [3.8, 4) is 0 Å². The molecule has 0 spiro atoms. The standard InChI is InChI=1S/C21H29FN6O4S/c1-5-14-16(25-9-11-26(12-10-25)20(30)32-21(2,3)4)18(29)27-19(28(14)33-22)23-17(24-27)15-8-6-7-13-31-15/h8H,5-7,9-13H2,1-4H3. The second-order valence-corrected chi connectivity index (χ2v) is 9.48. The van der Waals surface area contributed by atoms with Crippen LogP contribution in [0.1, 0.15) is 52.1 Å². The van der Waals surface area contributed by atoms with Crippen molar-refractivity contribution in [3.05, 3.63) is 27.9 Å². The lowest BCUT2D eigenvalue weighted by molar-refractivity contribution is 0.0240. The van der Waals surface area contributed by atoms with Crippen molar-refractivity contribution >= 4 is 35.7 Å². The number of allylic oxidation sites excluding steroid dienone is 1.